The van der Waals surface area contributed by atoms with Crippen molar-refractivity contribution in [3.8, 4) is 0 Å². The SMILES string of the molecule is O=S(=O)([O-])[O-].O=S(=O)([O-])[O-].O=S(=O)([O-])[O-].[Co+2].[Co+2].[Ni+2]. The monoisotopic (exact) mass is 464 g/mol. The van der Waals surface area contributed by atoms with E-state index in [1.807, 2.05) is 0 Å². The van der Waals surface area contributed by atoms with Crippen LogP contribution in [0.15, 0.2) is 0 Å². The van der Waals surface area contributed by atoms with Gasteiger partial charge in [0.05, 0.1) is 0 Å². The Hall–Kier alpha value is 1.12. The van der Waals surface area contributed by atoms with Crippen molar-refractivity contribution in [2.45, 2.75) is 0 Å². The molecule has 12 nitrogen and oxygen atoms in total. The van der Waals surface area contributed by atoms with Gasteiger partial charge in [-0.2, -0.15) is 0 Å². The van der Waals surface area contributed by atoms with E-state index in [9.17, 15) is 0 Å². The van der Waals surface area contributed by atoms with Crippen LogP contribution in [0.2, 0.25) is 0 Å². The predicted molar refractivity (Wildman–Crippen MR) is 31.4 cm³/mol. The van der Waals surface area contributed by atoms with Gasteiger partial charge in [0.2, 0.25) is 0 Å². The molecule has 0 unspecified atom stereocenters. The molecule has 0 atom stereocenters. The molecule has 0 aliphatic rings. The van der Waals surface area contributed by atoms with Gasteiger partial charge in [-0.25, -0.2) is 0 Å². The van der Waals surface area contributed by atoms with E-state index in [-0.39, 0.29) is 50.0 Å². The number of hydrogen-bond donors (Lipinski definition) is 0. The first-order valence-electron chi connectivity index (χ1n) is 2.00. The third-order valence-corrected chi connectivity index (χ3v) is 0. The Bertz CT molecular complexity index is 346. The smallest absolute Gasteiger partial charge is 0.759 e. The van der Waals surface area contributed by atoms with Crippen molar-refractivity contribution in [3.63, 3.8) is 0 Å². The molecule has 2 radical (unpaired) electrons. The van der Waals surface area contributed by atoms with Gasteiger partial charge in [0, 0.05) is 31.2 Å². The first kappa shape index (κ1) is 36.5. The summed E-state index contributed by atoms with van der Waals surface area (Å²) in [5.74, 6) is 0. The third-order valence-electron chi connectivity index (χ3n) is 0. The van der Waals surface area contributed by atoms with E-state index in [0.29, 0.717) is 0 Å². The minimum Gasteiger partial charge on any atom is -0.759 e. The van der Waals surface area contributed by atoms with Gasteiger partial charge in [-0.3, -0.25) is 25.3 Å². The second-order valence-corrected chi connectivity index (χ2v) is 3.67. The van der Waals surface area contributed by atoms with Gasteiger partial charge in [0.25, 0.3) is 0 Å². The molecule has 18 heavy (non-hydrogen) atoms. The largest absolute Gasteiger partial charge is 2.00 e. The zero-order valence-electron chi connectivity index (χ0n) is 7.11. The summed E-state index contributed by atoms with van der Waals surface area (Å²) in [7, 11) is -15.5. The van der Waals surface area contributed by atoms with E-state index in [1.165, 1.54) is 0 Å². The van der Waals surface area contributed by atoms with Crippen LogP contribution in [-0.2, 0) is 81.2 Å². The first-order valence-corrected chi connectivity index (χ1v) is 6.00. The molecule has 0 aliphatic heterocycles. The quantitative estimate of drug-likeness (QED) is 0.189. The molecule has 0 N–H and O–H groups in total. The van der Waals surface area contributed by atoms with Crippen molar-refractivity contribution < 1.29 is 103 Å². The van der Waals surface area contributed by atoms with E-state index in [0.717, 1.165) is 0 Å². The molecule has 0 heterocycles. The van der Waals surface area contributed by atoms with Crippen molar-refractivity contribution in [3.05, 3.63) is 0 Å². The van der Waals surface area contributed by atoms with Crippen LogP contribution in [0.4, 0.5) is 0 Å². The Balaban J connectivity index is -0.0000000277. The Labute approximate surface area is 133 Å². The molecule has 0 saturated carbocycles. The van der Waals surface area contributed by atoms with Gasteiger partial charge in [-0.15, -0.1) is 0 Å². The van der Waals surface area contributed by atoms with Crippen molar-refractivity contribution >= 4 is 31.2 Å². The van der Waals surface area contributed by atoms with Gasteiger partial charge in [0.1, 0.15) is 0 Å². The Morgan fingerprint density at radius 2 is 0.444 bits per heavy atom. The molecule has 0 amide bonds. The maximum absolute atomic E-state index is 8.52. The normalized spacial score (nSPS) is 9.67. The van der Waals surface area contributed by atoms with Crippen molar-refractivity contribution in [2.24, 2.45) is 0 Å². The standard InChI is InChI=1S/2Co.Ni.3H2O4S/c;;;3*1-5(2,3)4/h;;;3*(H2,1,2,3,4)/q3*+2;;;/p-6. The molecule has 118 valence electrons. The molecule has 0 saturated heterocycles. The molecule has 0 rings (SSSR count). The van der Waals surface area contributed by atoms with Crippen LogP contribution < -0.4 is 0 Å². The molecule has 0 fully saturated rings. The molecule has 0 spiro atoms. The van der Waals surface area contributed by atoms with Crippen LogP contribution in [-0.4, -0.2) is 52.6 Å². The van der Waals surface area contributed by atoms with Crippen LogP contribution in [0.5, 0.6) is 0 Å². The van der Waals surface area contributed by atoms with E-state index < -0.39 is 31.2 Å². The Morgan fingerprint density at radius 3 is 0.444 bits per heavy atom. The second kappa shape index (κ2) is 14.5. The van der Waals surface area contributed by atoms with Crippen molar-refractivity contribution in [2.75, 3.05) is 0 Å². The number of hydrogen-bond acceptors (Lipinski definition) is 12. The molecular formula is Co2NiO12S3. The van der Waals surface area contributed by atoms with E-state index in [2.05, 4.69) is 0 Å². The fourth-order valence-electron chi connectivity index (χ4n) is 0. The second-order valence-electron chi connectivity index (χ2n) is 1.22. The molecule has 0 aromatic carbocycles. The molecule has 18 heteroatoms. The maximum Gasteiger partial charge on any atom is 2.00 e. The van der Waals surface area contributed by atoms with Crippen LogP contribution in [0.3, 0.4) is 0 Å². The summed E-state index contributed by atoms with van der Waals surface area (Å²) in [6.07, 6.45) is 0. The minimum absolute atomic E-state index is 0. The van der Waals surface area contributed by atoms with E-state index in [4.69, 9.17) is 52.6 Å². The third kappa shape index (κ3) is 3570. The van der Waals surface area contributed by atoms with E-state index >= 15 is 0 Å². The fraction of sp³-hybridized carbons (Fsp3) is 0. The van der Waals surface area contributed by atoms with Gasteiger partial charge in [0.15, 0.2) is 0 Å². The zero-order valence-corrected chi connectivity index (χ0v) is 12.6. The maximum atomic E-state index is 8.52. The molecule has 0 bridgehead atoms. The molecule has 0 aliphatic carbocycles. The zero-order chi connectivity index (χ0) is 13.5. The molecular weight excluding hydrogens is 465 g/mol. The van der Waals surface area contributed by atoms with Gasteiger partial charge in [-0.1, -0.05) is 0 Å². The minimum atomic E-state index is -5.17. The summed E-state index contributed by atoms with van der Waals surface area (Å²) in [5.41, 5.74) is 0. The van der Waals surface area contributed by atoms with E-state index in [1.54, 1.807) is 0 Å². The summed E-state index contributed by atoms with van der Waals surface area (Å²) < 4.78 is 102. The van der Waals surface area contributed by atoms with Crippen molar-refractivity contribution in [1.29, 1.82) is 0 Å². The fourth-order valence-corrected chi connectivity index (χ4v) is 0. The summed E-state index contributed by atoms with van der Waals surface area (Å²) in [6, 6.07) is 0. The van der Waals surface area contributed by atoms with Crippen LogP contribution in [0, 0.1) is 0 Å². The van der Waals surface area contributed by atoms with Crippen LogP contribution in [0.1, 0.15) is 0 Å². The first-order chi connectivity index (χ1) is 6.00. The van der Waals surface area contributed by atoms with Crippen molar-refractivity contribution in [1.82, 2.24) is 0 Å². The summed E-state index contributed by atoms with van der Waals surface area (Å²) in [4.78, 5) is 0. The molecule has 0 aromatic rings. The summed E-state index contributed by atoms with van der Waals surface area (Å²) >= 11 is 0. The Morgan fingerprint density at radius 1 is 0.444 bits per heavy atom. The predicted octanol–water partition coefficient (Wildman–Crippen LogP) is -4.02. The van der Waals surface area contributed by atoms with Crippen LogP contribution >= 0.6 is 0 Å². The Kier molecular flexibility index (Phi) is 29.4. The van der Waals surface area contributed by atoms with Gasteiger partial charge in [-0.05, 0) is 0 Å². The van der Waals surface area contributed by atoms with Crippen LogP contribution in [0.25, 0.3) is 0 Å². The van der Waals surface area contributed by atoms with Gasteiger partial charge < -0.3 is 27.3 Å². The average Bonchev–Trinajstić information content (AvgIpc) is 1.41. The topological polar surface area (TPSA) is 241 Å². The summed E-state index contributed by atoms with van der Waals surface area (Å²) in [5, 5.41) is 0. The summed E-state index contributed by atoms with van der Waals surface area (Å²) in [6.45, 7) is 0. The van der Waals surface area contributed by atoms with Gasteiger partial charge >= 0.3 is 50.0 Å². The average molecular weight is 465 g/mol. The number of rotatable bonds is 0. The molecule has 0 aromatic heterocycles.